The molecule has 176 valence electrons. The first-order chi connectivity index (χ1) is 15.8. The molecule has 0 aliphatic carbocycles. The lowest BCUT2D eigenvalue weighted by molar-refractivity contribution is 0.170. The molecule has 1 atom stereocenters. The summed E-state index contributed by atoms with van der Waals surface area (Å²) in [6.45, 7) is 8.44. The quantitative estimate of drug-likeness (QED) is 0.460. The van der Waals surface area contributed by atoms with Crippen LogP contribution in [0.15, 0.2) is 54.6 Å². The van der Waals surface area contributed by atoms with Crippen LogP contribution in [0.25, 0.3) is 11.3 Å². The largest absolute Gasteiger partial charge is 0.497 e. The SMILES string of the molecule is CCC(C)N(Cc1c(-c2ccccc2)nn(C)c1Oc1ccc(OC)cc1)C(=O)NC(C)C. The number of carbonyl (C=O) groups is 1. The Bertz CT molecular complexity index is 1050. The number of carbonyl (C=O) groups excluding carboxylic acids is 1. The number of rotatable bonds is 9. The van der Waals surface area contributed by atoms with Crippen molar-refractivity contribution in [2.24, 2.45) is 7.05 Å². The second-order valence-electron chi connectivity index (χ2n) is 8.39. The maximum atomic E-state index is 13.1. The standard InChI is InChI=1S/C26H34N4O3/c1-7-19(4)30(26(31)27-18(2)3)17-23-24(20-11-9-8-10-12-20)28-29(5)25(23)33-22-15-13-21(32-6)14-16-22/h8-16,18-19H,7,17H2,1-6H3,(H,27,31). The van der Waals surface area contributed by atoms with Crippen LogP contribution in [0.2, 0.25) is 0 Å². The molecule has 1 aromatic heterocycles. The van der Waals surface area contributed by atoms with Gasteiger partial charge in [-0.15, -0.1) is 0 Å². The average Bonchev–Trinajstić information content (AvgIpc) is 3.12. The zero-order valence-corrected chi connectivity index (χ0v) is 20.3. The summed E-state index contributed by atoms with van der Waals surface area (Å²) in [7, 11) is 3.49. The maximum absolute atomic E-state index is 13.1. The molecular formula is C26H34N4O3. The van der Waals surface area contributed by atoms with Crippen LogP contribution >= 0.6 is 0 Å². The Balaban J connectivity index is 2.06. The number of nitrogens with zero attached hydrogens (tertiary/aromatic N) is 3. The number of aromatic nitrogens is 2. The van der Waals surface area contributed by atoms with Gasteiger partial charge in [0.15, 0.2) is 0 Å². The first-order valence-corrected chi connectivity index (χ1v) is 11.3. The molecule has 3 rings (SSSR count). The van der Waals surface area contributed by atoms with Gasteiger partial charge in [0, 0.05) is 24.7 Å². The Morgan fingerprint density at radius 3 is 2.27 bits per heavy atom. The van der Waals surface area contributed by atoms with E-state index in [1.54, 1.807) is 11.8 Å². The molecule has 0 aliphatic rings. The molecule has 0 saturated carbocycles. The third kappa shape index (κ3) is 5.86. The van der Waals surface area contributed by atoms with Gasteiger partial charge in [0.2, 0.25) is 5.88 Å². The van der Waals surface area contributed by atoms with Crippen molar-refractivity contribution >= 4 is 6.03 Å². The lowest BCUT2D eigenvalue weighted by Crippen LogP contribution is -2.46. The molecule has 2 aromatic carbocycles. The molecule has 0 bridgehead atoms. The van der Waals surface area contributed by atoms with E-state index in [2.05, 4.69) is 19.2 Å². The molecule has 33 heavy (non-hydrogen) atoms. The van der Waals surface area contributed by atoms with Gasteiger partial charge >= 0.3 is 6.03 Å². The van der Waals surface area contributed by atoms with Crippen molar-refractivity contribution in [3.63, 3.8) is 0 Å². The second-order valence-corrected chi connectivity index (χ2v) is 8.39. The minimum atomic E-state index is -0.0994. The zero-order chi connectivity index (χ0) is 24.0. The van der Waals surface area contributed by atoms with Crippen molar-refractivity contribution in [2.45, 2.75) is 52.7 Å². The molecule has 1 unspecified atom stereocenters. The summed E-state index contributed by atoms with van der Waals surface area (Å²) in [6.07, 6.45) is 0.834. The molecule has 0 fully saturated rings. The monoisotopic (exact) mass is 450 g/mol. The predicted molar refractivity (Wildman–Crippen MR) is 131 cm³/mol. The minimum Gasteiger partial charge on any atom is -0.497 e. The normalized spacial score (nSPS) is 11.8. The van der Waals surface area contributed by atoms with Crippen LogP contribution in [0.4, 0.5) is 4.79 Å². The molecule has 7 heteroatoms. The Kier molecular flexibility index (Phi) is 7.98. The number of aryl methyl sites for hydroxylation is 1. The van der Waals surface area contributed by atoms with E-state index < -0.39 is 0 Å². The fraction of sp³-hybridized carbons (Fsp3) is 0.385. The number of nitrogens with one attached hydrogen (secondary N) is 1. The highest BCUT2D eigenvalue weighted by molar-refractivity contribution is 5.75. The van der Waals surface area contributed by atoms with Crippen molar-refractivity contribution in [3.05, 3.63) is 60.2 Å². The summed E-state index contributed by atoms with van der Waals surface area (Å²) < 4.78 is 13.3. The van der Waals surface area contributed by atoms with Crippen molar-refractivity contribution in [1.29, 1.82) is 0 Å². The van der Waals surface area contributed by atoms with Crippen LogP contribution in [0, 0.1) is 0 Å². The predicted octanol–water partition coefficient (Wildman–Crippen LogP) is 5.61. The van der Waals surface area contributed by atoms with Gasteiger partial charge in [-0.25, -0.2) is 9.48 Å². The van der Waals surface area contributed by atoms with E-state index in [0.29, 0.717) is 18.2 Å². The van der Waals surface area contributed by atoms with Crippen molar-refractivity contribution in [1.82, 2.24) is 20.0 Å². The number of methoxy groups -OCH3 is 1. The molecule has 0 radical (unpaired) electrons. The van der Waals surface area contributed by atoms with Gasteiger partial charge in [0.1, 0.15) is 17.2 Å². The van der Waals surface area contributed by atoms with Crippen LogP contribution in [-0.4, -0.2) is 39.9 Å². The van der Waals surface area contributed by atoms with E-state index >= 15 is 0 Å². The highest BCUT2D eigenvalue weighted by Gasteiger charge is 2.27. The fourth-order valence-corrected chi connectivity index (χ4v) is 3.55. The third-order valence-corrected chi connectivity index (χ3v) is 5.53. The van der Waals surface area contributed by atoms with E-state index in [1.807, 2.05) is 80.4 Å². The molecule has 0 aliphatic heterocycles. The Morgan fingerprint density at radius 2 is 1.70 bits per heavy atom. The van der Waals surface area contributed by atoms with Crippen LogP contribution in [0.1, 0.15) is 39.7 Å². The van der Waals surface area contributed by atoms with Gasteiger partial charge in [0.05, 0.1) is 19.2 Å². The molecule has 3 aromatic rings. The summed E-state index contributed by atoms with van der Waals surface area (Å²) >= 11 is 0. The lowest BCUT2D eigenvalue weighted by Gasteiger charge is -2.30. The topological polar surface area (TPSA) is 68.6 Å². The number of benzene rings is 2. The number of ether oxygens (including phenoxy) is 2. The van der Waals surface area contributed by atoms with Gasteiger partial charge in [-0.05, 0) is 51.5 Å². The molecule has 7 nitrogen and oxygen atoms in total. The number of urea groups is 1. The first kappa shape index (κ1) is 24.2. The summed E-state index contributed by atoms with van der Waals surface area (Å²) in [5.41, 5.74) is 2.63. The maximum Gasteiger partial charge on any atom is 0.318 e. The number of hydrogen-bond donors (Lipinski definition) is 1. The Labute approximate surface area is 196 Å². The number of hydrogen-bond acceptors (Lipinski definition) is 4. The van der Waals surface area contributed by atoms with Crippen LogP contribution in [0.3, 0.4) is 0 Å². The second kappa shape index (κ2) is 10.9. The van der Waals surface area contributed by atoms with Gasteiger partial charge < -0.3 is 19.7 Å². The molecule has 0 saturated heterocycles. The Hall–Kier alpha value is -3.48. The molecule has 0 spiro atoms. The third-order valence-electron chi connectivity index (χ3n) is 5.53. The molecule has 2 amide bonds. The minimum absolute atomic E-state index is 0.0430. The fourth-order valence-electron chi connectivity index (χ4n) is 3.55. The van der Waals surface area contributed by atoms with E-state index in [9.17, 15) is 4.79 Å². The smallest absolute Gasteiger partial charge is 0.318 e. The van der Waals surface area contributed by atoms with Crippen molar-refractivity contribution < 1.29 is 14.3 Å². The average molecular weight is 451 g/mol. The van der Waals surface area contributed by atoms with Crippen LogP contribution in [0.5, 0.6) is 17.4 Å². The van der Waals surface area contributed by atoms with Crippen molar-refractivity contribution in [3.8, 4) is 28.6 Å². The highest BCUT2D eigenvalue weighted by atomic mass is 16.5. The summed E-state index contributed by atoms with van der Waals surface area (Å²) in [6, 6.07) is 17.4. The zero-order valence-electron chi connectivity index (χ0n) is 20.3. The molecular weight excluding hydrogens is 416 g/mol. The van der Waals surface area contributed by atoms with Gasteiger partial charge in [0.25, 0.3) is 0 Å². The van der Waals surface area contributed by atoms with Gasteiger partial charge in [-0.3, -0.25) is 0 Å². The van der Waals surface area contributed by atoms with Crippen LogP contribution in [-0.2, 0) is 13.6 Å². The highest BCUT2D eigenvalue weighted by Crippen LogP contribution is 2.35. The lowest BCUT2D eigenvalue weighted by atomic mass is 10.1. The number of amides is 2. The summed E-state index contributed by atoms with van der Waals surface area (Å²) in [5, 5.41) is 7.81. The van der Waals surface area contributed by atoms with E-state index in [1.165, 1.54) is 0 Å². The summed E-state index contributed by atoms with van der Waals surface area (Å²) in [5.74, 6) is 2.02. The van der Waals surface area contributed by atoms with Gasteiger partial charge in [-0.2, -0.15) is 5.10 Å². The van der Waals surface area contributed by atoms with E-state index in [4.69, 9.17) is 14.6 Å². The summed E-state index contributed by atoms with van der Waals surface area (Å²) in [4.78, 5) is 14.9. The van der Waals surface area contributed by atoms with E-state index in [0.717, 1.165) is 29.0 Å². The Morgan fingerprint density at radius 1 is 1.06 bits per heavy atom. The van der Waals surface area contributed by atoms with Gasteiger partial charge in [-0.1, -0.05) is 37.3 Å². The van der Waals surface area contributed by atoms with E-state index in [-0.39, 0.29) is 18.1 Å². The van der Waals surface area contributed by atoms with Crippen LogP contribution < -0.4 is 14.8 Å². The molecule has 1 heterocycles. The van der Waals surface area contributed by atoms with Crippen molar-refractivity contribution in [2.75, 3.05) is 7.11 Å². The molecule has 1 N–H and O–H groups in total. The first-order valence-electron chi connectivity index (χ1n) is 11.3.